The lowest BCUT2D eigenvalue weighted by Gasteiger charge is -2.09. The number of nitrogens with one attached hydrogen (secondary N) is 1. The smallest absolute Gasteiger partial charge is 0.234 e. The molecule has 0 saturated heterocycles. The van der Waals surface area contributed by atoms with Gasteiger partial charge in [0.05, 0.1) is 5.75 Å². The van der Waals surface area contributed by atoms with Crippen molar-refractivity contribution in [2.45, 2.75) is 11.8 Å². The van der Waals surface area contributed by atoms with Gasteiger partial charge in [-0.25, -0.2) is 4.39 Å². The van der Waals surface area contributed by atoms with Crippen LogP contribution in [0.2, 0.25) is 5.02 Å². The first-order valence-corrected chi connectivity index (χ1v) is 7.56. The summed E-state index contributed by atoms with van der Waals surface area (Å²) in [5, 5.41) is 3.24. The Hall–Kier alpha value is -1.72. The molecule has 0 spiro atoms. The molecule has 0 bridgehead atoms. The number of rotatable bonds is 4. The molecule has 0 radical (unpaired) electrons. The lowest BCUT2D eigenvalue weighted by Crippen LogP contribution is -2.15. The molecule has 3 nitrogen and oxygen atoms in total. The number of aryl methyl sites for hydroxylation is 1. The summed E-state index contributed by atoms with van der Waals surface area (Å²) in [7, 11) is 0. The van der Waals surface area contributed by atoms with Crippen molar-refractivity contribution in [1.82, 2.24) is 0 Å². The van der Waals surface area contributed by atoms with Crippen LogP contribution in [0, 0.1) is 12.7 Å². The zero-order valence-electron chi connectivity index (χ0n) is 11.3. The van der Waals surface area contributed by atoms with E-state index >= 15 is 0 Å². The van der Waals surface area contributed by atoms with Gasteiger partial charge in [0.2, 0.25) is 5.91 Å². The summed E-state index contributed by atoms with van der Waals surface area (Å²) in [6.45, 7) is 1.80. The molecule has 0 aliphatic heterocycles. The van der Waals surface area contributed by atoms with Gasteiger partial charge in [0.1, 0.15) is 5.82 Å². The highest BCUT2D eigenvalue weighted by Gasteiger charge is 2.08. The zero-order valence-corrected chi connectivity index (χ0v) is 12.9. The third-order valence-electron chi connectivity index (χ3n) is 2.81. The van der Waals surface area contributed by atoms with E-state index < -0.39 is 0 Å². The number of amides is 1. The number of thioether (sulfide) groups is 1. The molecule has 0 aromatic heterocycles. The Morgan fingerprint density at radius 1 is 1.33 bits per heavy atom. The molecule has 6 heteroatoms. The lowest BCUT2D eigenvalue weighted by atomic mass is 10.2. The molecule has 0 atom stereocenters. The quantitative estimate of drug-likeness (QED) is 0.657. The zero-order chi connectivity index (χ0) is 15.4. The van der Waals surface area contributed by atoms with Gasteiger partial charge in [0.15, 0.2) is 0 Å². The van der Waals surface area contributed by atoms with Crippen LogP contribution < -0.4 is 11.1 Å². The third kappa shape index (κ3) is 4.37. The molecular formula is C15H14ClFN2OS. The second kappa shape index (κ2) is 6.83. The Morgan fingerprint density at radius 3 is 2.86 bits per heavy atom. The van der Waals surface area contributed by atoms with Gasteiger partial charge in [-0.05, 0) is 42.8 Å². The topological polar surface area (TPSA) is 55.1 Å². The molecule has 1 amide bonds. The first-order valence-electron chi connectivity index (χ1n) is 6.19. The summed E-state index contributed by atoms with van der Waals surface area (Å²) in [6, 6.07) is 9.36. The summed E-state index contributed by atoms with van der Waals surface area (Å²) in [5.41, 5.74) is 7.65. The molecule has 0 aliphatic carbocycles. The molecule has 0 heterocycles. The van der Waals surface area contributed by atoms with Crippen LogP contribution in [-0.2, 0) is 4.79 Å². The average Bonchev–Trinajstić information content (AvgIpc) is 2.44. The molecule has 0 aliphatic rings. The maximum atomic E-state index is 13.2. The molecule has 21 heavy (non-hydrogen) atoms. The Bertz CT molecular complexity index is 679. The SMILES string of the molecule is Cc1ccc(F)cc1NC(=O)CSc1cc(Cl)ccc1N. The van der Waals surface area contributed by atoms with Gasteiger partial charge in [-0.1, -0.05) is 17.7 Å². The van der Waals surface area contributed by atoms with Crippen molar-refractivity contribution in [2.24, 2.45) is 0 Å². The van der Waals surface area contributed by atoms with E-state index in [4.69, 9.17) is 17.3 Å². The number of hydrogen-bond acceptors (Lipinski definition) is 3. The number of benzene rings is 2. The number of anilines is 2. The van der Waals surface area contributed by atoms with E-state index in [2.05, 4.69) is 5.32 Å². The van der Waals surface area contributed by atoms with Crippen LogP contribution in [0.3, 0.4) is 0 Å². The third-order valence-corrected chi connectivity index (χ3v) is 4.11. The van der Waals surface area contributed by atoms with Crippen molar-refractivity contribution in [3.8, 4) is 0 Å². The van der Waals surface area contributed by atoms with E-state index in [1.807, 2.05) is 0 Å². The minimum Gasteiger partial charge on any atom is -0.398 e. The number of nitrogen functional groups attached to an aromatic ring is 1. The van der Waals surface area contributed by atoms with E-state index in [9.17, 15) is 9.18 Å². The Balaban J connectivity index is 1.99. The molecule has 0 unspecified atom stereocenters. The van der Waals surface area contributed by atoms with Crippen molar-refractivity contribution < 1.29 is 9.18 Å². The highest BCUT2D eigenvalue weighted by atomic mass is 35.5. The summed E-state index contributed by atoms with van der Waals surface area (Å²) in [4.78, 5) is 12.7. The Kier molecular flexibility index (Phi) is 5.09. The summed E-state index contributed by atoms with van der Waals surface area (Å²) in [5.74, 6) is -0.448. The van der Waals surface area contributed by atoms with Crippen LogP contribution in [0.1, 0.15) is 5.56 Å². The molecule has 0 fully saturated rings. The number of carbonyl (C=O) groups excluding carboxylic acids is 1. The average molecular weight is 325 g/mol. The van der Waals surface area contributed by atoms with E-state index in [1.165, 1.54) is 23.9 Å². The van der Waals surface area contributed by atoms with Crippen LogP contribution in [0.15, 0.2) is 41.3 Å². The minimum atomic E-state index is -0.386. The van der Waals surface area contributed by atoms with Gasteiger partial charge in [-0.15, -0.1) is 11.8 Å². The Morgan fingerprint density at radius 2 is 2.10 bits per heavy atom. The van der Waals surface area contributed by atoms with Crippen LogP contribution in [0.4, 0.5) is 15.8 Å². The highest BCUT2D eigenvalue weighted by molar-refractivity contribution is 8.00. The Labute approximate surface area is 131 Å². The molecular weight excluding hydrogens is 311 g/mol. The van der Waals surface area contributed by atoms with Crippen molar-refractivity contribution in [3.63, 3.8) is 0 Å². The molecule has 3 N–H and O–H groups in total. The van der Waals surface area contributed by atoms with E-state index in [1.54, 1.807) is 31.2 Å². The molecule has 2 aromatic carbocycles. The van der Waals surface area contributed by atoms with Gasteiger partial charge in [0, 0.05) is 21.3 Å². The largest absolute Gasteiger partial charge is 0.398 e. The van der Waals surface area contributed by atoms with Crippen LogP contribution >= 0.6 is 23.4 Å². The van der Waals surface area contributed by atoms with Gasteiger partial charge >= 0.3 is 0 Å². The lowest BCUT2D eigenvalue weighted by molar-refractivity contribution is -0.113. The predicted molar refractivity (Wildman–Crippen MR) is 86.4 cm³/mol. The van der Waals surface area contributed by atoms with Crippen molar-refractivity contribution in [1.29, 1.82) is 0 Å². The van der Waals surface area contributed by atoms with Crippen LogP contribution in [0.5, 0.6) is 0 Å². The molecule has 2 aromatic rings. The van der Waals surface area contributed by atoms with Gasteiger partial charge < -0.3 is 11.1 Å². The maximum absolute atomic E-state index is 13.2. The number of nitrogens with two attached hydrogens (primary N) is 1. The summed E-state index contributed by atoms with van der Waals surface area (Å²) in [6.07, 6.45) is 0. The summed E-state index contributed by atoms with van der Waals surface area (Å²) >= 11 is 7.17. The summed E-state index contributed by atoms with van der Waals surface area (Å²) < 4.78 is 13.2. The van der Waals surface area contributed by atoms with Gasteiger partial charge in [-0.2, -0.15) is 0 Å². The molecule has 110 valence electrons. The van der Waals surface area contributed by atoms with Gasteiger partial charge in [0.25, 0.3) is 0 Å². The van der Waals surface area contributed by atoms with Gasteiger partial charge in [-0.3, -0.25) is 4.79 Å². The fraction of sp³-hybridized carbons (Fsp3) is 0.133. The highest BCUT2D eigenvalue weighted by Crippen LogP contribution is 2.28. The molecule has 2 rings (SSSR count). The fourth-order valence-electron chi connectivity index (χ4n) is 1.69. The van der Waals surface area contributed by atoms with Crippen LogP contribution in [0.25, 0.3) is 0 Å². The fourth-order valence-corrected chi connectivity index (χ4v) is 2.73. The first-order chi connectivity index (χ1) is 9.95. The predicted octanol–water partition coefficient (Wildman–Crippen LogP) is 4.10. The second-order valence-electron chi connectivity index (χ2n) is 4.48. The minimum absolute atomic E-state index is 0.167. The maximum Gasteiger partial charge on any atom is 0.234 e. The van der Waals surface area contributed by atoms with Crippen LogP contribution in [-0.4, -0.2) is 11.7 Å². The number of carbonyl (C=O) groups is 1. The normalized spacial score (nSPS) is 10.4. The number of hydrogen-bond donors (Lipinski definition) is 2. The molecule has 0 saturated carbocycles. The number of halogens is 2. The van der Waals surface area contributed by atoms with E-state index in [0.29, 0.717) is 16.4 Å². The van der Waals surface area contributed by atoms with E-state index in [0.717, 1.165) is 10.5 Å². The second-order valence-corrected chi connectivity index (χ2v) is 5.93. The first kappa shape index (κ1) is 15.7. The standard InChI is InChI=1S/C15H14ClFN2OS/c1-9-2-4-11(17)7-13(9)19-15(20)8-21-14-6-10(16)3-5-12(14)18/h2-7H,8,18H2,1H3,(H,19,20). The van der Waals surface area contributed by atoms with E-state index in [-0.39, 0.29) is 17.5 Å². The van der Waals surface area contributed by atoms with Crippen molar-refractivity contribution >= 4 is 40.6 Å². The van der Waals surface area contributed by atoms with Crippen molar-refractivity contribution in [2.75, 3.05) is 16.8 Å². The van der Waals surface area contributed by atoms with Crippen molar-refractivity contribution in [3.05, 3.63) is 52.8 Å². The monoisotopic (exact) mass is 324 g/mol.